The fourth-order valence-electron chi connectivity index (χ4n) is 4.09. The zero-order valence-corrected chi connectivity index (χ0v) is 15.3. The largest absolute Gasteiger partial charge is 0.381 e. The Labute approximate surface area is 155 Å². The van der Waals surface area contributed by atoms with Crippen LogP contribution in [0.4, 0.5) is 4.39 Å². The van der Waals surface area contributed by atoms with E-state index in [1.807, 2.05) is 12.1 Å². The molecule has 1 heterocycles. The van der Waals surface area contributed by atoms with Crippen LogP contribution in [0.5, 0.6) is 0 Å². The second-order valence-electron chi connectivity index (χ2n) is 7.19. The molecule has 2 aliphatic rings. The molecule has 1 unspecified atom stereocenters. The van der Waals surface area contributed by atoms with Crippen LogP contribution in [-0.4, -0.2) is 31.7 Å². The van der Waals surface area contributed by atoms with Crippen molar-refractivity contribution >= 4 is 18.3 Å². The lowest BCUT2D eigenvalue weighted by atomic mass is 9.78. The Morgan fingerprint density at radius 2 is 1.84 bits per heavy atom. The summed E-state index contributed by atoms with van der Waals surface area (Å²) in [5, 5.41) is 3.08. The molecule has 1 saturated heterocycles. The zero-order chi connectivity index (χ0) is 17.0. The normalized spacial score (nSPS) is 21.4. The molecule has 0 aromatic heterocycles. The summed E-state index contributed by atoms with van der Waals surface area (Å²) in [6.45, 7) is 1.95. The Morgan fingerprint density at radius 1 is 1.24 bits per heavy atom. The van der Waals surface area contributed by atoms with Gasteiger partial charge in [-0.3, -0.25) is 4.79 Å². The van der Waals surface area contributed by atoms with Crippen molar-refractivity contribution in [2.45, 2.75) is 50.0 Å². The molecule has 3 rings (SSSR count). The van der Waals surface area contributed by atoms with Crippen LogP contribution in [0, 0.1) is 11.7 Å². The summed E-state index contributed by atoms with van der Waals surface area (Å²) >= 11 is 0. The lowest BCUT2D eigenvalue weighted by Crippen LogP contribution is -2.50. The minimum atomic E-state index is -0.472. The molecule has 1 saturated carbocycles. The molecule has 1 aliphatic heterocycles. The predicted molar refractivity (Wildman–Crippen MR) is 98.3 cm³/mol. The molecule has 140 valence electrons. The summed E-state index contributed by atoms with van der Waals surface area (Å²) in [6.07, 6.45) is 6.00. The van der Waals surface area contributed by atoms with E-state index < -0.39 is 6.04 Å². The van der Waals surface area contributed by atoms with Gasteiger partial charge in [-0.05, 0) is 49.3 Å². The summed E-state index contributed by atoms with van der Waals surface area (Å²) in [4.78, 5) is 12.5. The van der Waals surface area contributed by atoms with Crippen LogP contribution in [0.3, 0.4) is 0 Å². The van der Waals surface area contributed by atoms with E-state index in [1.54, 1.807) is 0 Å². The van der Waals surface area contributed by atoms with Gasteiger partial charge in [0.05, 0.1) is 6.04 Å². The number of halogens is 2. The number of nitrogens with one attached hydrogen (secondary N) is 1. The van der Waals surface area contributed by atoms with Crippen LogP contribution in [0.1, 0.15) is 44.1 Å². The number of carbonyl (C=O) groups excluding carboxylic acids is 1. The van der Waals surface area contributed by atoms with Crippen LogP contribution >= 0.6 is 12.4 Å². The van der Waals surface area contributed by atoms with Crippen molar-refractivity contribution < 1.29 is 13.9 Å². The number of benzene rings is 1. The highest BCUT2D eigenvalue weighted by molar-refractivity contribution is 5.85. The third-order valence-electron chi connectivity index (χ3n) is 5.69. The monoisotopic (exact) mass is 370 g/mol. The first-order valence-electron chi connectivity index (χ1n) is 8.98. The van der Waals surface area contributed by atoms with Crippen LogP contribution in [0.25, 0.3) is 0 Å². The number of carbonyl (C=O) groups is 1. The number of nitrogens with two attached hydrogens (primary N) is 1. The number of rotatable bonds is 5. The molecule has 25 heavy (non-hydrogen) atoms. The summed E-state index contributed by atoms with van der Waals surface area (Å²) in [5.74, 6) is -0.100. The summed E-state index contributed by atoms with van der Waals surface area (Å²) in [5.41, 5.74) is 7.19. The van der Waals surface area contributed by atoms with Gasteiger partial charge in [-0.15, -0.1) is 12.4 Å². The molecule has 6 heteroatoms. The second-order valence-corrected chi connectivity index (χ2v) is 7.19. The van der Waals surface area contributed by atoms with Gasteiger partial charge in [-0.2, -0.15) is 0 Å². The summed E-state index contributed by atoms with van der Waals surface area (Å²) < 4.78 is 18.6. The van der Waals surface area contributed by atoms with E-state index in [0.717, 1.165) is 44.1 Å². The highest BCUT2D eigenvalue weighted by Gasteiger charge is 2.37. The van der Waals surface area contributed by atoms with Gasteiger partial charge in [0.1, 0.15) is 5.82 Å². The van der Waals surface area contributed by atoms with E-state index in [2.05, 4.69) is 5.32 Å². The molecular weight excluding hydrogens is 343 g/mol. The fourth-order valence-corrected chi connectivity index (χ4v) is 4.09. The summed E-state index contributed by atoms with van der Waals surface area (Å²) in [6, 6.07) is 6.24. The molecule has 0 radical (unpaired) electrons. The fraction of sp³-hybridized carbons (Fsp3) is 0.632. The van der Waals surface area contributed by atoms with E-state index in [-0.39, 0.29) is 35.5 Å². The Bertz CT molecular complexity index is 555. The third kappa shape index (κ3) is 4.72. The maximum Gasteiger partial charge on any atom is 0.237 e. The lowest BCUT2D eigenvalue weighted by Gasteiger charge is -2.32. The highest BCUT2D eigenvalue weighted by atomic mass is 35.5. The Hall–Kier alpha value is -1.17. The van der Waals surface area contributed by atoms with Gasteiger partial charge in [-0.25, -0.2) is 4.39 Å². The zero-order valence-electron chi connectivity index (χ0n) is 14.5. The Balaban J connectivity index is 0.00000225. The smallest absolute Gasteiger partial charge is 0.237 e. The van der Waals surface area contributed by atoms with E-state index in [4.69, 9.17) is 10.5 Å². The van der Waals surface area contributed by atoms with Gasteiger partial charge in [0.15, 0.2) is 0 Å². The van der Waals surface area contributed by atoms with Gasteiger partial charge in [0, 0.05) is 25.2 Å². The number of amides is 1. The molecule has 1 aromatic carbocycles. The van der Waals surface area contributed by atoms with Crippen LogP contribution < -0.4 is 11.1 Å². The average Bonchev–Trinajstić information content (AvgIpc) is 3.10. The topological polar surface area (TPSA) is 64.4 Å². The van der Waals surface area contributed by atoms with Crippen LogP contribution in [0.2, 0.25) is 0 Å². The first kappa shape index (κ1) is 20.1. The van der Waals surface area contributed by atoms with Gasteiger partial charge >= 0.3 is 0 Å². The van der Waals surface area contributed by atoms with E-state index in [1.165, 1.54) is 12.1 Å². The minimum absolute atomic E-state index is 0. The molecule has 3 N–H and O–H groups in total. The summed E-state index contributed by atoms with van der Waals surface area (Å²) in [7, 11) is 0. The van der Waals surface area contributed by atoms with Crippen molar-refractivity contribution in [1.82, 2.24) is 5.32 Å². The predicted octanol–water partition coefficient (Wildman–Crippen LogP) is 2.93. The minimum Gasteiger partial charge on any atom is -0.381 e. The molecule has 1 aromatic rings. The molecule has 1 aliphatic carbocycles. The van der Waals surface area contributed by atoms with Crippen molar-refractivity contribution in [3.63, 3.8) is 0 Å². The van der Waals surface area contributed by atoms with Crippen molar-refractivity contribution in [2.24, 2.45) is 11.7 Å². The lowest BCUT2D eigenvalue weighted by molar-refractivity contribution is -0.124. The molecule has 4 nitrogen and oxygen atoms in total. The van der Waals surface area contributed by atoms with Gasteiger partial charge in [0.2, 0.25) is 5.91 Å². The quantitative estimate of drug-likeness (QED) is 0.837. The highest BCUT2D eigenvalue weighted by Crippen LogP contribution is 2.40. The van der Waals surface area contributed by atoms with Gasteiger partial charge < -0.3 is 15.8 Å². The van der Waals surface area contributed by atoms with Crippen molar-refractivity contribution in [1.29, 1.82) is 0 Å². The number of hydrogen-bond acceptors (Lipinski definition) is 3. The molecule has 0 bridgehead atoms. The maximum absolute atomic E-state index is 13.2. The third-order valence-corrected chi connectivity index (χ3v) is 5.69. The number of ether oxygens (including phenoxy) is 1. The van der Waals surface area contributed by atoms with Crippen molar-refractivity contribution in [2.75, 3.05) is 19.8 Å². The number of hydrogen-bond donors (Lipinski definition) is 2. The Kier molecular flexibility index (Phi) is 7.23. The molecule has 0 spiro atoms. The standard InChI is InChI=1S/C19H27FN2O2.ClH/c20-16-5-3-15(4-6-16)19(9-1-2-10-19)13-22-18(23)17(21)14-7-11-24-12-8-14;/h3-6,14,17H,1-2,7-13,21H2,(H,22,23);1H. The molecular formula is C19H28ClFN2O2. The average molecular weight is 371 g/mol. The van der Waals surface area contributed by atoms with Crippen LogP contribution in [-0.2, 0) is 14.9 Å². The molecule has 2 fully saturated rings. The van der Waals surface area contributed by atoms with E-state index >= 15 is 0 Å². The van der Waals surface area contributed by atoms with Gasteiger partial charge in [-0.1, -0.05) is 25.0 Å². The first-order chi connectivity index (χ1) is 11.6. The second kappa shape index (κ2) is 8.97. The first-order valence-corrected chi connectivity index (χ1v) is 8.98. The Morgan fingerprint density at radius 3 is 2.44 bits per heavy atom. The maximum atomic E-state index is 13.2. The van der Waals surface area contributed by atoms with E-state index in [0.29, 0.717) is 19.8 Å². The van der Waals surface area contributed by atoms with Crippen molar-refractivity contribution in [3.8, 4) is 0 Å². The molecule has 1 atom stereocenters. The van der Waals surface area contributed by atoms with Crippen LogP contribution in [0.15, 0.2) is 24.3 Å². The SMILES string of the molecule is Cl.NC(C(=O)NCC1(c2ccc(F)cc2)CCCC1)C1CCOCC1. The van der Waals surface area contributed by atoms with Gasteiger partial charge in [0.25, 0.3) is 0 Å². The molecule has 1 amide bonds. The van der Waals surface area contributed by atoms with Crippen molar-refractivity contribution in [3.05, 3.63) is 35.6 Å². The van der Waals surface area contributed by atoms with E-state index in [9.17, 15) is 9.18 Å².